The summed E-state index contributed by atoms with van der Waals surface area (Å²) in [5.74, 6) is -0.0518. The summed E-state index contributed by atoms with van der Waals surface area (Å²) in [4.78, 5) is 31.5. The zero-order chi connectivity index (χ0) is 27.0. The molecule has 10 heteroatoms. The average Bonchev–Trinajstić information content (AvgIpc) is 3.45. The number of benzene rings is 1. The Hall–Kier alpha value is -3.50. The zero-order valence-electron chi connectivity index (χ0n) is 22.2. The van der Waals surface area contributed by atoms with Crippen molar-refractivity contribution in [2.24, 2.45) is 10.1 Å². The number of nitrogens with one attached hydrogen (secondary N) is 1. The lowest BCUT2D eigenvalue weighted by Gasteiger charge is -2.26. The molecule has 0 aliphatic carbocycles. The van der Waals surface area contributed by atoms with E-state index in [2.05, 4.69) is 52.8 Å². The predicted molar refractivity (Wildman–Crippen MR) is 151 cm³/mol. The first-order chi connectivity index (χ1) is 18.3. The molecule has 1 unspecified atom stereocenters. The van der Waals surface area contributed by atoms with Crippen molar-refractivity contribution in [1.82, 2.24) is 14.5 Å². The number of carbonyl (C=O) groups is 2. The molecule has 0 saturated carbocycles. The van der Waals surface area contributed by atoms with E-state index >= 15 is 0 Å². The molecule has 3 aliphatic rings. The molecule has 38 heavy (non-hydrogen) atoms. The fraction of sp³-hybridized carbons (Fsp3) is 0.393. The van der Waals surface area contributed by atoms with Gasteiger partial charge in [-0.05, 0) is 73.4 Å². The minimum Gasteiger partial charge on any atom is -0.378 e. The second kappa shape index (κ2) is 10.7. The predicted octanol–water partition coefficient (Wildman–Crippen LogP) is 4.48. The minimum atomic E-state index is -0.479. The minimum absolute atomic E-state index is 0.0379. The summed E-state index contributed by atoms with van der Waals surface area (Å²) in [6.07, 6.45) is 2.92. The van der Waals surface area contributed by atoms with Gasteiger partial charge in [-0.1, -0.05) is 26.0 Å². The van der Waals surface area contributed by atoms with E-state index in [0.717, 1.165) is 29.1 Å². The highest BCUT2D eigenvalue weighted by atomic mass is 32.2. The highest BCUT2D eigenvalue weighted by molar-refractivity contribution is 8.27. The van der Waals surface area contributed by atoms with E-state index in [9.17, 15) is 9.59 Å². The summed E-state index contributed by atoms with van der Waals surface area (Å²) in [6, 6.07) is 10.6. The van der Waals surface area contributed by atoms with Crippen LogP contribution in [-0.2, 0) is 14.3 Å². The number of rotatable bonds is 6. The van der Waals surface area contributed by atoms with Crippen molar-refractivity contribution in [3.63, 3.8) is 0 Å². The maximum absolute atomic E-state index is 12.9. The molecular weight excluding hydrogens is 500 g/mol. The maximum Gasteiger partial charge on any atom is 0.283 e. The highest BCUT2D eigenvalue weighted by Crippen LogP contribution is 2.31. The SMILES string of the molecule is CCC(C)c1ccc(-n2c(C)cc(C=C3C(=N)N4N=C(CC(=O)N5CCOCC5)SC4=NC3=O)c2C)cc1. The number of thioether (sulfide) groups is 1. The Morgan fingerprint density at radius 2 is 1.92 bits per heavy atom. The standard InChI is InChI=1S/C28H32N6O3S/c1-5-17(2)20-6-8-22(9-7-20)33-18(3)14-21(19(33)4)15-23-26(29)34-28(30-27(23)36)38-24(31-34)16-25(35)32-10-12-37-13-11-32/h6-9,14-15,17,29H,5,10-13,16H2,1-4H3. The first kappa shape index (κ1) is 26.1. The Morgan fingerprint density at radius 3 is 2.61 bits per heavy atom. The van der Waals surface area contributed by atoms with Gasteiger partial charge in [0, 0.05) is 30.2 Å². The normalized spacial score (nSPS) is 19.5. The second-order valence-corrected chi connectivity index (χ2v) is 10.8. The Kier molecular flexibility index (Phi) is 7.36. The van der Waals surface area contributed by atoms with Gasteiger partial charge < -0.3 is 14.2 Å². The van der Waals surface area contributed by atoms with Gasteiger partial charge in [-0.25, -0.2) is 0 Å². The fourth-order valence-corrected chi connectivity index (χ4v) is 5.71. The van der Waals surface area contributed by atoms with Gasteiger partial charge in [0.15, 0.2) is 5.84 Å². The van der Waals surface area contributed by atoms with E-state index in [0.29, 0.717) is 42.4 Å². The van der Waals surface area contributed by atoms with Crippen LogP contribution in [0, 0.1) is 19.3 Å². The van der Waals surface area contributed by atoms with Crippen LogP contribution < -0.4 is 0 Å². The van der Waals surface area contributed by atoms with Crippen LogP contribution in [0.3, 0.4) is 0 Å². The van der Waals surface area contributed by atoms with Crippen LogP contribution in [0.2, 0.25) is 0 Å². The van der Waals surface area contributed by atoms with Gasteiger partial charge in [0.1, 0.15) is 5.04 Å². The molecule has 1 aromatic carbocycles. The highest BCUT2D eigenvalue weighted by Gasteiger charge is 2.36. The number of hydrogen-bond donors (Lipinski definition) is 1. The molecule has 1 atom stereocenters. The lowest BCUT2D eigenvalue weighted by atomic mass is 9.98. The second-order valence-electron chi connectivity index (χ2n) is 9.75. The third-order valence-corrected chi connectivity index (χ3v) is 8.17. The molecule has 1 N–H and O–H groups in total. The number of hydrogen-bond acceptors (Lipinski definition) is 6. The molecule has 9 nitrogen and oxygen atoms in total. The summed E-state index contributed by atoms with van der Waals surface area (Å²) in [5, 5.41) is 15.4. The molecule has 2 amide bonds. The molecule has 0 radical (unpaired) electrons. The molecule has 4 heterocycles. The maximum atomic E-state index is 12.9. The van der Waals surface area contributed by atoms with Crippen molar-refractivity contribution >= 4 is 45.7 Å². The van der Waals surface area contributed by atoms with E-state index in [4.69, 9.17) is 10.1 Å². The summed E-state index contributed by atoms with van der Waals surface area (Å²) >= 11 is 1.17. The third kappa shape index (κ3) is 4.98. The van der Waals surface area contributed by atoms with Crippen molar-refractivity contribution in [2.45, 2.75) is 46.5 Å². The fourth-order valence-electron chi connectivity index (χ4n) is 4.83. The number of amides is 2. The Bertz CT molecular complexity index is 1380. The van der Waals surface area contributed by atoms with Gasteiger partial charge in [0.25, 0.3) is 5.91 Å². The van der Waals surface area contributed by atoms with Crippen LogP contribution in [-0.4, -0.2) is 68.6 Å². The van der Waals surface area contributed by atoms with Gasteiger partial charge in [-0.2, -0.15) is 15.1 Å². The molecule has 198 valence electrons. The molecule has 1 fully saturated rings. The number of fused-ring (bicyclic) bond motifs is 1. The Morgan fingerprint density at radius 1 is 1.21 bits per heavy atom. The molecule has 3 aliphatic heterocycles. The number of carbonyl (C=O) groups excluding carboxylic acids is 2. The first-order valence-corrected chi connectivity index (χ1v) is 13.7. The van der Waals surface area contributed by atoms with Crippen LogP contribution in [0.1, 0.15) is 55.1 Å². The zero-order valence-corrected chi connectivity index (χ0v) is 23.0. The summed E-state index contributed by atoms with van der Waals surface area (Å²) in [6.45, 7) is 10.6. The van der Waals surface area contributed by atoms with Gasteiger partial charge in [-0.3, -0.25) is 15.0 Å². The van der Waals surface area contributed by atoms with E-state index in [-0.39, 0.29) is 23.7 Å². The van der Waals surface area contributed by atoms with Crippen molar-refractivity contribution in [3.05, 3.63) is 58.4 Å². The Balaban J connectivity index is 1.37. The number of amidine groups is 2. The lowest BCUT2D eigenvalue weighted by molar-refractivity contribution is -0.133. The summed E-state index contributed by atoms with van der Waals surface area (Å²) in [7, 11) is 0. The number of aryl methyl sites for hydroxylation is 1. The molecule has 1 saturated heterocycles. The number of nitrogens with zero attached hydrogens (tertiary/aromatic N) is 5. The van der Waals surface area contributed by atoms with Crippen LogP contribution in [0.5, 0.6) is 0 Å². The van der Waals surface area contributed by atoms with E-state index in [1.807, 2.05) is 19.9 Å². The van der Waals surface area contributed by atoms with Crippen LogP contribution in [0.15, 0.2) is 46.0 Å². The molecule has 5 rings (SSSR count). The Labute approximate surface area is 226 Å². The third-order valence-electron chi connectivity index (χ3n) is 7.27. The van der Waals surface area contributed by atoms with Gasteiger partial charge >= 0.3 is 0 Å². The van der Waals surface area contributed by atoms with Crippen molar-refractivity contribution in [3.8, 4) is 5.69 Å². The summed E-state index contributed by atoms with van der Waals surface area (Å²) < 4.78 is 7.46. The molecule has 2 aromatic rings. The quantitative estimate of drug-likeness (QED) is 0.553. The van der Waals surface area contributed by atoms with Crippen molar-refractivity contribution in [2.75, 3.05) is 26.3 Å². The number of hydrazone groups is 1. The largest absolute Gasteiger partial charge is 0.378 e. The topological polar surface area (TPSA) is 103 Å². The summed E-state index contributed by atoms with van der Waals surface area (Å²) in [5.41, 5.74) is 5.38. The molecule has 0 bridgehead atoms. The number of aliphatic imine (C=N–C) groups is 1. The van der Waals surface area contributed by atoms with Crippen LogP contribution in [0.4, 0.5) is 0 Å². The van der Waals surface area contributed by atoms with Gasteiger partial charge in [-0.15, -0.1) is 0 Å². The first-order valence-electron chi connectivity index (χ1n) is 12.9. The number of morpholine rings is 1. The van der Waals surface area contributed by atoms with E-state index < -0.39 is 5.91 Å². The monoisotopic (exact) mass is 532 g/mol. The van der Waals surface area contributed by atoms with Gasteiger partial charge in [0.2, 0.25) is 11.1 Å². The van der Waals surface area contributed by atoms with Gasteiger partial charge in [0.05, 0.1) is 25.2 Å². The lowest BCUT2D eigenvalue weighted by Crippen LogP contribution is -2.41. The molecule has 0 spiro atoms. The van der Waals surface area contributed by atoms with Crippen LogP contribution >= 0.6 is 11.8 Å². The van der Waals surface area contributed by atoms with Crippen LogP contribution in [0.25, 0.3) is 11.8 Å². The average molecular weight is 533 g/mol. The molecular formula is C28H32N6O3S. The molecule has 1 aromatic heterocycles. The number of ether oxygens (including phenoxy) is 1. The van der Waals surface area contributed by atoms with E-state index in [1.54, 1.807) is 11.0 Å². The van der Waals surface area contributed by atoms with Crippen molar-refractivity contribution in [1.29, 1.82) is 5.41 Å². The van der Waals surface area contributed by atoms with Crippen molar-refractivity contribution < 1.29 is 14.3 Å². The van der Waals surface area contributed by atoms with E-state index in [1.165, 1.54) is 22.3 Å². The number of aromatic nitrogens is 1. The smallest absolute Gasteiger partial charge is 0.283 e.